The molecule has 3 nitrogen and oxygen atoms in total. The summed E-state index contributed by atoms with van der Waals surface area (Å²) in [6.07, 6.45) is 1.07. The van der Waals surface area contributed by atoms with Gasteiger partial charge in [-0.25, -0.2) is 12.8 Å². The third-order valence-electron chi connectivity index (χ3n) is 1.44. The molecule has 1 aromatic rings. The van der Waals surface area contributed by atoms with Crippen molar-refractivity contribution in [3.63, 3.8) is 0 Å². The Morgan fingerprint density at radius 3 is 2.54 bits per heavy atom. The van der Waals surface area contributed by atoms with Gasteiger partial charge in [0.1, 0.15) is 0 Å². The molecule has 0 spiro atoms. The van der Waals surface area contributed by atoms with Gasteiger partial charge < -0.3 is 5.11 Å². The topological polar surface area (TPSA) is 54.4 Å². The summed E-state index contributed by atoms with van der Waals surface area (Å²) in [7, 11) is -3.16. The molecule has 0 aliphatic carbocycles. The molecule has 0 unspecified atom stereocenters. The lowest BCUT2D eigenvalue weighted by atomic mass is 10.2. The van der Waals surface area contributed by atoms with E-state index in [1.165, 1.54) is 6.07 Å². The van der Waals surface area contributed by atoms with Crippen LogP contribution in [0.3, 0.4) is 0 Å². The largest absolute Gasteiger partial charge is 0.505 e. The molecule has 13 heavy (non-hydrogen) atoms. The summed E-state index contributed by atoms with van der Waals surface area (Å²) in [4.78, 5) is 0. The van der Waals surface area contributed by atoms with Gasteiger partial charge in [0.15, 0.2) is 21.4 Å². The van der Waals surface area contributed by atoms with Crippen LogP contribution in [-0.4, -0.2) is 19.8 Å². The summed E-state index contributed by atoms with van der Waals surface area (Å²) in [6.45, 7) is 0. The molecule has 0 amide bonds. The van der Waals surface area contributed by atoms with E-state index < -0.39 is 21.4 Å². The highest BCUT2D eigenvalue weighted by atomic mass is 32.2. The third-order valence-corrected chi connectivity index (χ3v) is 2.30. The molecule has 0 aliphatic heterocycles. The zero-order valence-corrected chi connectivity index (χ0v) is 7.81. The van der Waals surface area contributed by atoms with E-state index in [1.807, 2.05) is 0 Å². The van der Waals surface area contributed by atoms with Crippen LogP contribution in [0.5, 0.6) is 5.75 Å². The normalized spacial score (nSPS) is 11.5. The maximum atomic E-state index is 12.7. The van der Waals surface area contributed by atoms with Crippen molar-refractivity contribution in [1.29, 1.82) is 0 Å². The standard InChI is InChI=1S/C8H9FO3S/c1-13(11,12)5-6-2-3-8(10)7(9)4-6/h2-4,10H,5H2,1H3. The smallest absolute Gasteiger partial charge is 0.165 e. The van der Waals surface area contributed by atoms with Crippen LogP contribution in [0.2, 0.25) is 0 Å². The fourth-order valence-electron chi connectivity index (χ4n) is 0.943. The minimum atomic E-state index is -3.16. The van der Waals surface area contributed by atoms with Crippen LogP contribution in [0, 0.1) is 5.82 Å². The molecular formula is C8H9FO3S. The van der Waals surface area contributed by atoms with Gasteiger partial charge in [-0.05, 0) is 17.7 Å². The molecule has 72 valence electrons. The lowest BCUT2D eigenvalue weighted by molar-refractivity contribution is 0.432. The summed E-state index contributed by atoms with van der Waals surface area (Å²) < 4.78 is 34.3. The molecule has 0 saturated carbocycles. The second kappa shape index (κ2) is 3.33. The molecule has 5 heteroatoms. The van der Waals surface area contributed by atoms with Crippen LogP contribution in [0.1, 0.15) is 5.56 Å². The zero-order chi connectivity index (χ0) is 10.1. The fourth-order valence-corrected chi connectivity index (χ4v) is 1.73. The van der Waals surface area contributed by atoms with Gasteiger partial charge in [0.05, 0.1) is 5.75 Å². The number of hydrogen-bond acceptors (Lipinski definition) is 3. The average molecular weight is 204 g/mol. The first-order valence-electron chi connectivity index (χ1n) is 3.53. The second-order valence-corrected chi connectivity index (χ2v) is 5.00. The van der Waals surface area contributed by atoms with Crippen LogP contribution in [0.15, 0.2) is 18.2 Å². The number of benzene rings is 1. The number of aromatic hydroxyl groups is 1. The van der Waals surface area contributed by atoms with Crippen molar-refractivity contribution in [2.45, 2.75) is 5.75 Å². The highest BCUT2D eigenvalue weighted by Crippen LogP contribution is 2.17. The van der Waals surface area contributed by atoms with Gasteiger partial charge in [-0.2, -0.15) is 0 Å². The van der Waals surface area contributed by atoms with E-state index >= 15 is 0 Å². The number of phenolic OH excluding ortho intramolecular Hbond substituents is 1. The molecule has 1 N–H and O–H groups in total. The Balaban J connectivity index is 2.99. The monoisotopic (exact) mass is 204 g/mol. The minimum Gasteiger partial charge on any atom is -0.505 e. The Kier molecular flexibility index (Phi) is 2.56. The zero-order valence-electron chi connectivity index (χ0n) is 6.99. The first-order valence-corrected chi connectivity index (χ1v) is 5.59. The Morgan fingerprint density at radius 1 is 1.46 bits per heavy atom. The van der Waals surface area contributed by atoms with Crippen LogP contribution in [0.4, 0.5) is 4.39 Å². The van der Waals surface area contributed by atoms with Gasteiger partial charge >= 0.3 is 0 Å². The fraction of sp³-hybridized carbons (Fsp3) is 0.250. The number of phenols is 1. The molecular weight excluding hydrogens is 195 g/mol. The summed E-state index contributed by atoms with van der Waals surface area (Å²) in [5, 5.41) is 8.82. The van der Waals surface area contributed by atoms with E-state index in [1.54, 1.807) is 0 Å². The van der Waals surface area contributed by atoms with Gasteiger partial charge in [-0.3, -0.25) is 0 Å². The van der Waals surface area contributed by atoms with Gasteiger partial charge in [0, 0.05) is 6.26 Å². The quantitative estimate of drug-likeness (QED) is 0.784. The third kappa shape index (κ3) is 3.02. The van der Waals surface area contributed by atoms with Crippen LogP contribution in [0.25, 0.3) is 0 Å². The molecule has 0 aromatic heterocycles. The van der Waals surface area contributed by atoms with Crippen LogP contribution >= 0.6 is 0 Å². The van der Waals surface area contributed by atoms with E-state index in [-0.39, 0.29) is 5.75 Å². The number of sulfone groups is 1. The minimum absolute atomic E-state index is 0.218. The highest BCUT2D eigenvalue weighted by molar-refractivity contribution is 7.89. The molecule has 0 saturated heterocycles. The van der Waals surface area contributed by atoms with Crippen molar-refractivity contribution < 1.29 is 17.9 Å². The van der Waals surface area contributed by atoms with E-state index in [0.29, 0.717) is 5.56 Å². The van der Waals surface area contributed by atoms with Crippen LogP contribution < -0.4 is 0 Å². The molecule has 1 aromatic carbocycles. The van der Waals surface area contributed by atoms with Crippen molar-refractivity contribution in [3.05, 3.63) is 29.6 Å². The van der Waals surface area contributed by atoms with Gasteiger partial charge in [0.2, 0.25) is 0 Å². The van der Waals surface area contributed by atoms with Crippen molar-refractivity contribution in [2.75, 3.05) is 6.26 Å². The summed E-state index contributed by atoms with van der Waals surface area (Å²) in [5.41, 5.74) is 0.331. The maximum absolute atomic E-state index is 12.7. The van der Waals surface area contributed by atoms with Gasteiger partial charge in [-0.15, -0.1) is 0 Å². The van der Waals surface area contributed by atoms with Crippen molar-refractivity contribution in [1.82, 2.24) is 0 Å². The molecule has 0 aliphatic rings. The Labute approximate surface area is 75.7 Å². The summed E-state index contributed by atoms with van der Waals surface area (Å²) in [6, 6.07) is 3.52. The number of rotatable bonds is 2. The van der Waals surface area contributed by atoms with Crippen molar-refractivity contribution >= 4 is 9.84 Å². The Morgan fingerprint density at radius 2 is 2.08 bits per heavy atom. The molecule has 0 atom stereocenters. The first kappa shape index (κ1) is 9.98. The number of hydrogen-bond donors (Lipinski definition) is 1. The second-order valence-electron chi connectivity index (χ2n) is 2.86. The molecule has 0 heterocycles. The van der Waals surface area contributed by atoms with Crippen molar-refractivity contribution in [3.8, 4) is 5.75 Å². The summed E-state index contributed by atoms with van der Waals surface area (Å²) >= 11 is 0. The van der Waals surface area contributed by atoms with Gasteiger partial charge in [-0.1, -0.05) is 6.07 Å². The van der Waals surface area contributed by atoms with Crippen LogP contribution in [-0.2, 0) is 15.6 Å². The molecule has 1 rings (SSSR count). The van der Waals surface area contributed by atoms with E-state index in [4.69, 9.17) is 5.11 Å². The van der Waals surface area contributed by atoms with Crippen molar-refractivity contribution in [2.24, 2.45) is 0 Å². The van der Waals surface area contributed by atoms with Gasteiger partial charge in [0.25, 0.3) is 0 Å². The SMILES string of the molecule is CS(=O)(=O)Cc1ccc(O)c(F)c1. The van der Waals surface area contributed by atoms with E-state index in [9.17, 15) is 12.8 Å². The number of halogens is 1. The Hall–Kier alpha value is -1.10. The average Bonchev–Trinajstić information content (AvgIpc) is 1.94. The summed E-state index contributed by atoms with van der Waals surface area (Å²) in [5.74, 6) is -1.50. The molecule has 0 radical (unpaired) electrons. The predicted octanol–water partition coefficient (Wildman–Crippen LogP) is 1.08. The first-order chi connectivity index (χ1) is 5.88. The van der Waals surface area contributed by atoms with E-state index in [2.05, 4.69) is 0 Å². The lowest BCUT2D eigenvalue weighted by Gasteiger charge is -2.00. The predicted molar refractivity (Wildman–Crippen MR) is 46.6 cm³/mol. The molecule has 0 bridgehead atoms. The lowest BCUT2D eigenvalue weighted by Crippen LogP contribution is -2.00. The molecule has 0 fully saturated rings. The maximum Gasteiger partial charge on any atom is 0.165 e. The van der Waals surface area contributed by atoms with E-state index in [0.717, 1.165) is 18.4 Å². The Bertz CT molecular complexity index is 411. The highest BCUT2D eigenvalue weighted by Gasteiger charge is 2.07.